The predicted molar refractivity (Wildman–Crippen MR) is 121 cm³/mol. The van der Waals surface area contributed by atoms with Crippen LogP contribution < -0.4 is 0 Å². The Morgan fingerprint density at radius 2 is 0.828 bits per heavy atom. The molecule has 2 atom stereocenters. The molecule has 0 rings (SSSR count). The monoisotopic (exact) mass is 490 g/mol. The van der Waals surface area contributed by atoms with Gasteiger partial charge in [-0.25, -0.2) is 0 Å². The second kappa shape index (κ2) is 13.9. The Labute approximate surface area is 196 Å². The summed E-state index contributed by atoms with van der Waals surface area (Å²) in [5.74, 6) is 0.241. The molecule has 2 unspecified atom stereocenters. The summed E-state index contributed by atoms with van der Waals surface area (Å²) >= 11 is -0.556. The van der Waals surface area contributed by atoms with Crippen LogP contribution >= 0.6 is 18.6 Å². The van der Waals surface area contributed by atoms with E-state index in [0.717, 1.165) is 0 Å². The van der Waals surface area contributed by atoms with Crippen LogP contribution in [0.15, 0.2) is 0 Å². The SMILES string of the molecule is CC(C)(C)C(=O)CC(O)C(C)(C)C.CC(C)(C)C(=O)CC(O)C(C)(C)C.[Cl][Ti][Cl]. The molecule has 0 aliphatic heterocycles. The van der Waals surface area contributed by atoms with Crippen LogP contribution in [0.4, 0.5) is 0 Å². The van der Waals surface area contributed by atoms with Gasteiger partial charge in [0.05, 0.1) is 12.2 Å². The number of carbonyl (C=O) groups excluding carboxylic acids is 2. The number of carbonyl (C=O) groups is 2. The van der Waals surface area contributed by atoms with Gasteiger partial charge in [0.1, 0.15) is 11.6 Å². The third-order valence-electron chi connectivity index (χ3n) is 4.43. The van der Waals surface area contributed by atoms with Gasteiger partial charge < -0.3 is 10.2 Å². The summed E-state index contributed by atoms with van der Waals surface area (Å²) in [5, 5.41) is 19.4. The van der Waals surface area contributed by atoms with Crippen LogP contribution in [-0.4, -0.2) is 34.0 Å². The van der Waals surface area contributed by atoms with Crippen LogP contribution in [0.1, 0.15) is 95.9 Å². The van der Waals surface area contributed by atoms with Gasteiger partial charge in [-0.15, -0.1) is 0 Å². The Morgan fingerprint density at radius 1 is 0.655 bits per heavy atom. The van der Waals surface area contributed by atoms with Gasteiger partial charge in [0.25, 0.3) is 0 Å². The maximum absolute atomic E-state index is 11.6. The van der Waals surface area contributed by atoms with Gasteiger partial charge >= 0.3 is 35.6 Å². The third-order valence-corrected chi connectivity index (χ3v) is 4.43. The predicted octanol–water partition coefficient (Wildman–Crippen LogP) is 6.17. The Hall–Kier alpha value is 0.554. The van der Waals surface area contributed by atoms with Gasteiger partial charge in [-0.1, -0.05) is 83.1 Å². The molecule has 0 spiro atoms. The van der Waals surface area contributed by atoms with Crippen molar-refractivity contribution < 1.29 is 36.8 Å². The Bertz CT molecular complexity index is 437. The summed E-state index contributed by atoms with van der Waals surface area (Å²) in [6.07, 6.45) is -0.571. The van der Waals surface area contributed by atoms with Crippen molar-refractivity contribution in [1.29, 1.82) is 0 Å². The number of hydrogen-bond acceptors (Lipinski definition) is 4. The molecule has 4 nitrogen and oxygen atoms in total. The number of hydrogen-bond donors (Lipinski definition) is 2. The van der Waals surface area contributed by atoms with Crippen LogP contribution in [-0.2, 0) is 26.6 Å². The van der Waals surface area contributed by atoms with Crippen molar-refractivity contribution in [2.45, 2.75) is 108 Å². The van der Waals surface area contributed by atoms with E-state index in [2.05, 4.69) is 0 Å². The number of halogens is 2. The molecule has 0 amide bonds. The standard InChI is InChI=1S/2C11H22O2.2ClH.Ti/c2*1-10(2,3)8(12)7-9(13)11(4,5)6;;;/h2*8,12H,7H2,1-6H3;2*1H;/q;;;;+2/p-2. The maximum atomic E-state index is 11.6. The molecule has 0 saturated carbocycles. The first-order valence-corrected chi connectivity index (χ1v) is 14.2. The van der Waals surface area contributed by atoms with Crippen molar-refractivity contribution in [3.8, 4) is 0 Å². The first kappa shape index (κ1) is 34.2. The minimum atomic E-state index is -0.556. The van der Waals surface area contributed by atoms with E-state index in [-0.39, 0.29) is 46.1 Å². The summed E-state index contributed by atoms with van der Waals surface area (Å²) in [6, 6.07) is 0. The molecular formula is C22H44Cl2O4Ti. The normalized spacial score (nSPS) is 14.5. The van der Waals surface area contributed by atoms with Gasteiger partial charge in [0.15, 0.2) is 0 Å². The van der Waals surface area contributed by atoms with Crippen molar-refractivity contribution in [3.05, 3.63) is 0 Å². The molecule has 0 bridgehead atoms. The number of rotatable bonds is 4. The Kier molecular flexibility index (Phi) is 16.3. The van der Waals surface area contributed by atoms with Crippen LogP contribution in [0.2, 0.25) is 0 Å². The molecule has 7 heteroatoms. The molecule has 0 aromatic rings. The molecule has 0 aliphatic carbocycles. The number of aliphatic hydroxyl groups excluding tert-OH is 2. The van der Waals surface area contributed by atoms with E-state index in [1.165, 1.54) is 0 Å². The van der Waals surface area contributed by atoms with E-state index < -0.39 is 29.2 Å². The molecule has 2 N–H and O–H groups in total. The molecule has 0 aromatic heterocycles. The average Bonchev–Trinajstić information content (AvgIpc) is 2.44. The molecule has 0 aromatic carbocycles. The summed E-state index contributed by atoms with van der Waals surface area (Å²) < 4.78 is 0. The molecule has 0 aliphatic rings. The van der Waals surface area contributed by atoms with Gasteiger partial charge in [0.2, 0.25) is 0 Å². The zero-order valence-corrected chi connectivity index (χ0v) is 23.6. The van der Waals surface area contributed by atoms with Gasteiger partial charge in [-0.2, -0.15) is 0 Å². The van der Waals surface area contributed by atoms with E-state index in [1.807, 2.05) is 83.1 Å². The second-order valence-corrected chi connectivity index (χ2v) is 14.2. The molecule has 0 radical (unpaired) electrons. The quantitative estimate of drug-likeness (QED) is 0.461. The Morgan fingerprint density at radius 3 is 0.931 bits per heavy atom. The van der Waals surface area contributed by atoms with Crippen LogP contribution in [0, 0.1) is 21.7 Å². The number of aliphatic hydroxyl groups is 2. The average molecular weight is 491 g/mol. The van der Waals surface area contributed by atoms with Gasteiger partial charge in [0, 0.05) is 23.7 Å². The Balaban J connectivity index is -0.000000410. The summed E-state index contributed by atoms with van der Waals surface area (Å²) in [4.78, 5) is 23.1. The minimum absolute atomic E-state index is 0.120. The molecule has 0 fully saturated rings. The molecular weight excluding hydrogens is 447 g/mol. The fraction of sp³-hybridized carbons (Fsp3) is 0.909. The molecule has 29 heavy (non-hydrogen) atoms. The van der Waals surface area contributed by atoms with Crippen LogP contribution in [0.3, 0.4) is 0 Å². The van der Waals surface area contributed by atoms with E-state index in [1.54, 1.807) is 0 Å². The van der Waals surface area contributed by atoms with E-state index >= 15 is 0 Å². The summed E-state index contributed by atoms with van der Waals surface area (Å²) in [7, 11) is 9.78. The van der Waals surface area contributed by atoms with Gasteiger partial charge in [-0.05, 0) is 10.8 Å². The van der Waals surface area contributed by atoms with Crippen LogP contribution in [0.25, 0.3) is 0 Å². The summed E-state index contributed by atoms with van der Waals surface area (Å²) in [5.41, 5.74) is -1.10. The van der Waals surface area contributed by atoms with E-state index in [4.69, 9.17) is 18.6 Å². The van der Waals surface area contributed by atoms with Gasteiger partial charge in [-0.3, -0.25) is 9.59 Å². The number of ketones is 2. The second-order valence-electron chi connectivity index (χ2n) is 11.6. The first-order chi connectivity index (χ1) is 12.5. The molecule has 0 heterocycles. The van der Waals surface area contributed by atoms with Crippen molar-refractivity contribution in [2.24, 2.45) is 21.7 Å². The van der Waals surface area contributed by atoms with Crippen molar-refractivity contribution >= 4 is 30.2 Å². The third kappa shape index (κ3) is 19.0. The summed E-state index contributed by atoms with van der Waals surface area (Å²) in [6.45, 7) is 22.9. The van der Waals surface area contributed by atoms with E-state index in [9.17, 15) is 19.8 Å². The topological polar surface area (TPSA) is 74.6 Å². The fourth-order valence-corrected chi connectivity index (χ4v) is 1.58. The number of Topliss-reactive ketones (excluding diaryl/α,β-unsaturated/α-hetero) is 2. The van der Waals surface area contributed by atoms with Crippen molar-refractivity contribution in [2.75, 3.05) is 0 Å². The fourth-order valence-electron chi connectivity index (χ4n) is 1.58. The zero-order chi connectivity index (χ0) is 24.4. The van der Waals surface area contributed by atoms with Crippen molar-refractivity contribution in [3.63, 3.8) is 0 Å². The van der Waals surface area contributed by atoms with E-state index in [0.29, 0.717) is 0 Å². The van der Waals surface area contributed by atoms with Crippen molar-refractivity contribution in [1.82, 2.24) is 0 Å². The zero-order valence-electron chi connectivity index (χ0n) is 20.5. The molecule has 0 saturated heterocycles. The first-order valence-electron chi connectivity index (χ1n) is 9.90. The van der Waals surface area contributed by atoms with Crippen LogP contribution in [0.5, 0.6) is 0 Å². The molecule has 174 valence electrons.